The van der Waals surface area contributed by atoms with Crippen molar-refractivity contribution < 1.29 is 24.2 Å². The van der Waals surface area contributed by atoms with Crippen LogP contribution in [0.25, 0.3) is 5.76 Å². The number of pyridine rings is 1. The molecule has 1 aromatic heterocycles. The fourth-order valence-electron chi connectivity index (χ4n) is 4.40. The summed E-state index contributed by atoms with van der Waals surface area (Å²) in [6.07, 6.45) is 3.79. The summed E-state index contributed by atoms with van der Waals surface area (Å²) in [5, 5.41) is 11.6. The summed E-state index contributed by atoms with van der Waals surface area (Å²) in [5.41, 5.74) is 1.03. The van der Waals surface area contributed by atoms with Gasteiger partial charge in [0.05, 0.1) is 18.2 Å². The van der Waals surface area contributed by atoms with Gasteiger partial charge in [0.2, 0.25) is 0 Å². The number of likely N-dealkylation sites (tertiary alicyclic amines) is 2. The average Bonchev–Trinajstić information content (AvgIpc) is 3.10. The zero-order chi connectivity index (χ0) is 23.5. The molecule has 2 saturated heterocycles. The Morgan fingerprint density at radius 3 is 2.48 bits per heavy atom. The van der Waals surface area contributed by atoms with Crippen molar-refractivity contribution in [3.8, 4) is 0 Å². The molecule has 2 fully saturated rings. The normalized spacial score (nSPS) is 20.8. The predicted molar refractivity (Wildman–Crippen MR) is 121 cm³/mol. The van der Waals surface area contributed by atoms with E-state index in [1.807, 2.05) is 0 Å². The highest BCUT2D eigenvalue weighted by molar-refractivity contribution is 6.46. The van der Waals surface area contributed by atoms with Crippen LogP contribution in [0.4, 0.5) is 4.79 Å². The zero-order valence-electron chi connectivity index (χ0n) is 18.1. The van der Waals surface area contributed by atoms with Crippen molar-refractivity contribution in [2.75, 3.05) is 19.7 Å². The van der Waals surface area contributed by atoms with E-state index in [0.29, 0.717) is 48.7 Å². The maximum atomic E-state index is 13.2. The van der Waals surface area contributed by atoms with Crippen LogP contribution < -0.4 is 0 Å². The monoisotopic (exact) mass is 469 g/mol. The quantitative estimate of drug-likeness (QED) is 0.415. The third kappa shape index (κ3) is 4.43. The van der Waals surface area contributed by atoms with Crippen LogP contribution in [0.1, 0.15) is 36.9 Å². The topological polar surface area (TPSA) is 100 Å². The molecule has 0 saturated carbocycles. The Kier molecular flexibility index (Phi) is 6.65. The van der Waals surface area contributed by atoms with Crippen molar-refractivity contribution in [2.45, 2.75) is 31.8 Å². The number of aliphatic hydroxyl groups excluding tert-OH is 1. The number of amides is 2. The number of benzene rings is 1. The number of ketones is 1. The molecule has 1 atom stereocenters. The molecule has 3 heterocycles. The summed E-state index contributed by atoms with van der Waals surface area (Å²) in [7, 11) is 0. The van der Waals surface area contributed by atoms with E-state index in [-0.39, 0.29) is 23.5 Å². The second-order valence-corrected chi connectivity index (χ2v) is 8.35. The molecule has 2 aromatic rings. The molecule has 1 aromatic carbocycles. The number of rotatable bonds is 4. The first-order chi connectivity index (χ1) is 15.9. The number of halogens is 1. The van der Waals surface area contributed by atoms with Crippen molar-refractivity contribution >= 4 is 35.1 Å². The Morgan fingerprint density at radius 2 is 1.88 bits per heavy atom. The first kappa shape index (κ1) is 22.8. The van der Waals surface area contributed by atoms with E-state index >= 15 is 0 Å². The molecule has 2 aliphatic rings. The number of hydrogen-bond donors (Lipinski definition) is 1. The largest absolute Gasteiger partial charge is 0.507 e. The summed E-state index contributed by atoms with van der Waals surface area (Å²) in [6.45, 7) is 2.85. The van der Waals surface area contributed by atoms with Gasteiger partial charge in [0.1, 0.15) is 5.76 Å². The van der Waals surface area contributed by atoms with E-state index in [1.165, 1.54) is 4.90 Å². The first-order valence-electron chi connectivity index (χ1n) is 10.8. The van der Waals surface area contributed by atoms with Crippen LogP contribution in [-0.2, 0) is 14.3 Å². The number of hydrogen-bond acceptors (Lipinski definition) is 6. The lowest BCUT2D eigenvalue weighted by atomic mass is 9.94. The second kappa shape index (κ2) is 9.62. The van der Waals surface area contributed by atoms with Crippen LogP contribution in [0.3, 0.4) is 0 Å². The van der Waals surface area contributed by atoms with Crippen LogP contribution in [-0.4, -0.2) is 63.4 Å². The molecule has 0 aliphatic carbocycles. The summed E-state index contributed by atoms with van der Waals surface area (Å²) in [4.78, 5) is 45.7. The van der Waals surface area contributed by atoms with Crippen molar-refractivity contribution in [1.82, 2.24) is 14.8 Å². The summed E-state index contributed by atoms with van der Waals surface area (Å²) in [6, 6.07) is 8.85. The first-order valence-corrected chi connectivity index (χ1v) is 11.2. The number of aromatic nitrogens is 1. The third-order valence-corrected chi connectivity index (χ3v) is 6.23. The van der Waals surface area contributed by atoms with Crippen LogP contribution in [0.2, 0.25) is 5.02 Å². The number of carbonyl (C=O) groups excluding carboxylic acids is 3. The van der Waals surface area contributed by atoms with E-state index in [4.69, 9.17) is 16.3 Å². The van der Waals surface area contributed by atoms with E-state index in [9.17, 15) is 19.5 Å². The Bertz CT molecular complexity index is 1080. The number of carbonyl (C=O) groups is 3. The predicted octanol–water partition coefficient (Wildman–Crippen LogP) is 3.78. The van der Waals surface area contributed by atoms with Crippen molar-refractivity contribution in [3.05, 3.63) is 70.5 Å². The fourth-order valence-corrected chi connectivity index (χ4v) is 4.52. The SMILES string of the molecule is CCOC(=O)N1CCC(N2C(=O)C(=O)/C(=C(/O)c3ccc(Cl)cc3)C2c2cccnc2)CC1. The molecular formula is C24H24ClN3O5. The minimum atomic E-state index is -0.784. The van der Waals surface area contributed by atoms with Crippen LogP contribution in [0.5, 0.6) is 0 Å². The van der Waals surface area contributed by atoms with Gasteiger partial charge in [-0.25, -0.2) is 4.79 Å². The minimum absolute atomic E-state index is 0.0168. The van der Waals surface area contributed by atoms with Gasteiger partial charge in [0.15, 0.2) is 0 Å². The molecule has 2 amide bonds. The van der Waals surface area contributed by atoms with E-state index in [1.54, 1.807) is 60.6 Å². The summed E-state index contributed by atoms with van der Waals surface area (Å²) in [5.74, 6) is -1.68. The van der Waals surface area contributed by atoms with Crippen molar-refractivity contribution in [2.24, 2.45) is 0 Å². The average molecular weight is 470 g/mol. The van der Waals surface area contributed by atoms with Gasteiger partial charge < -0.3 is 19.6 Å². The van der Waals surface area contributed by atoms with Gasteiger partial charge in [0, 0.05) is 42.1 Å². The minimum Gasteiger partial charge on any atom is -0.507 e. The van der Waals surface area contributed by atoms with Crippen LogP contribution in [0, 0.1) is 0 Å². The zero-order valence-corrected chi connectivity index (χ0v) is 18.9. The van der Waals surface area contributed by atoms with Gasteiger partial charge in [0.25, 0.3) is 11.7 Å². The van der Waals surface area contributed by atoms with Crippen LogP contribution in [0.15, 0.2) is 54.4 Å². The highest BCUT2D eigenvalue weighted by Crippen LogP contribution is 2.42. The maximum Gasteiger partial charge on any atom is 0.409 e. The molecule has 1 N–H and O–H groups in total. The van der Waals surface area contributed by atoms with Gasteiger partial charge in [-0.05, 0) is 55.7 Å². The molecule has 8 nitrogen and oxygen atoms in total. The fraction of sp³-hybridized carbons (Fsp3) is 0.333. The number of ether oxygens (including phenoxy) is 1. The number of Topliss-reactive ketones (excluding diaryl/α,β-unsaturated/α-hetero) is 1. The maximum absolute atomic E-state index is 13.2. The number of nitrogens with zero attached hydrogens (tertiary/aromatic N) is 3. The Labute approximate surface area is 196 Å². The smallest absolute Gasteiger partial charge is 0.409 e. The molecule has 172 valence electrons. The van der Waals surface area contributed by atoms with Gasteiger partial charge in [-0.2, -0.15) is 0 Å². The molecule has 9 heteroatoms. The molecule has 33 heavy (non-hydrogen) atoms. The lowest BCUT2D eigenvalue weighted by Gasteiger charge is -2.38. The molecule has 1 unspecified atom stereocenters. The van der Waals surface area contributed by atoms with Gasteiger partial charge in [-0.3, -0.25) is 14.6 Å². The van der Waals surface area contributed by atoms with E-state index in [0.717, 1.165) is 0 Å². The Morgan fingerprint density at radius 1 is 1.18 bits per heavy atom. The Hall–Kier alpha value is -3.39. The lowest BCUT2D eigenvalue weighted by Crippen LogP contribution is -2.48. The molecule has 0 bridgehead atoms. The third-order valence-electron chi connectivity index (χ3n) is 5.98. The lowest BCUT2D eigenvalue weighted by molar-refractivity contribution is -0.142. The number of piperidine rings is 1. The van der Waals surface area contributed by atoms with Crippen molar-refractivity contribution in [1.29, 1.82) is 0 Å². The van der Waals surface area contributed by atoms with E-state index in [2.05, 4.69) is 4.98 Å². The summed E-state index contributed by atoms with van der Waals surface area (Å²) < 4.78 is 5.07. The molecular weight excluding hydrogens is 446 g/mol. The standard InChI is InChI=1S/C24H24ClN3O5/c1-2-33-24(32)27-12-9-18(10-13-27)28-20(16-4-3-11-26-14-16)19(22(30)23(28)31)21(29)15-5-7-17(25)8-6-15/h3-8,11,14,18,20,29H,2,9-10,12-13H2,1H3/b21-19+. The van der Waals surface area contributed by atoms with Gasteiger partial charge in [-0.1, -0.05) is 17.7 Å². The summed E-state index contributed by atoms with van der Waals surface area (Å²) >= 11 is 5.96. The van der Waals surface area contributed by atoms with Crippen LogP contribution >= 0.6 is 11.6 Å². The molecule has 0 radical (unpaired) electrons. The second-order valence-electron chi connectivity index (χ2n) is 7.92. The number of aliphatic hydroxyl groups is 1. The molecule has 2 aliphatic heterocycles. The highest BCUT2D eigenvalue weighted by atomic mass is 35.5. The molecule has 0 spiro atoms. The van der Waals surface area contributed by atoms with Crippen molar-refractivity contribution in [3.63, 3.8) is 0 Å². The highest BCUT2D eigenvalue weighted by Gasteiger charge is 2.49. The van der Waals surface area contributed by atoms with Gasteiger partial charge in [-0.15, -0.1) is 0 Å². The Balaban J connectivity index is 1.71. The van der Waals surface area contributed by atoms with Gasteiger partial charge >= 0.3 is 6.09 Å². The molecule has 4 rings (SSSR count). The van der Waals surface area contributed by atoms with E-state index < -0.39 is 17.7 Å².